The second-order valence-corrected chi connectivity index (χ2v) is 2.81. The molecule has 0 aromatic rings. The number of methoxy groups -OCH3 is 1. The van der Waals surface area contributed by atoms with Gasteiger partial charge in [-0.25, -0.2) is 0 Å². The summed E-state index contributed by atoms with van der Waals surface area (Å²) in [4.78, 5) is 11.2. The molecule has 3 nitrogen and oxygen atoms in total. The van der Waals surface area contributed by atoms with Crippen LogP contribution in [0.2, 0.25) is 0 Å². The Labute approximate surface area is 66.7 Å². The minimum atomic E-state index is 0.0868. The molecule has 1 saturated heterocycles. The molecule has 0 unspecified atom stereocenters. The van der Waals surface area contributed by atoms with Crippen LogP contribution < -0.4 is 0 Å². The third kappa shape index (κ3) is 2.60. The van der Waals surface area contributed by atoms with Gasteiger partial charge in [0.05, 0.1) is 6.61 Å². The fourth-order valence-electron chi connectivity index (χ4n) is 1.25. The molecule has 1 aliphatic heterocycles. The van der Waals surface area contributed by atoms with Crippen LogP contribution in [0.3, 0.4) is 0 Å². The zero-order valence-corrected chi connectivity index (χ0v) is 6.84. The smallest absolute Gasteiger partial charge is 0.163 e. The minimum Gasteiger partial charge on any atom is -0.381 e. The van der Waals surface area contributed by atoms with Gasteiger partial charge in [-0.05, 0) is 12.8 Å². The predicted molar refractivity (Wildman–Crippen MR) is 40.4 cm³/mol. The number of rotatable bonds is 3. The Kier molecular flexibility index (Phi) is 3.52. The molecule has 1 atom stereocenters. The summed E-state index contributed by atoms with van der Waals surface area (Å²) >= 11 is 0. The van der Waals surface area contributed by atoms with Crippen molar-refractivity contribution in [2.75, 3.05) is 26.9 Å². The van der Waals surface area contributed by atoms with Gasteiger partial charge in [-0.15, -0.1) is 0 Å². The summed E-state index contributed by atoms with van der Waals surface area (Å²) in [6.07, 6.45) is 1.96. The summed E-state index contributed by atoms with van der Waals surface area (Å²) in [5.41, 5.74) is 0. The molecule has 0 bridgehead atoms. The molecule has 0 aliphatic carbocycles. The Balaban J connectivity index is 2.27. The van der Waals surface area contributed by atoms with Gasteiger partial charge in [0.1, 0.15) is 6.61 Å². The molecule has 0 saturated carbocycles. The van der Waals surface area contributed by atoms with Crippen molar-refractivity contribution >= 4 is 5.78 Å². The van der Waals surface area contributed by atoms with Gasteiger partial charge in [-0.1, -0.05) is 0 Å². The van der Waals surface area contributed by atoms with E-state index in [0.717, 1.165) is 19.4 Å². The fourth-order valence-corrected chi connectivity index (χ4v) is 1.25. The number of ketones is 1. The molecular formula is C8H14O3. The lowest BCUT2D eigenvalue weighted by Gasteiger charge is -2.20. The van der Waals surface area contributed by atoms with Crippen molar-refractivity contribution in [1.29, 1.82) is 0 Å². The van der Waals surface area contributed by atoms with Gasteiger partial charge < -0.3 is 9.47 Å². The lowest BCUT2D eigenvalue weighted by molar-refractivity contribution is -0.130. The first-order valence-electron chi connectivity index (χ1n) is 3.94. The maximum absolute atomic E-state index is 11.2. The maximum Gasteiger partial charge on any atom is 0.163 e. The van der Waals surface area contributed by atoms with Crippen LogP contribution in [0.15, 0.2) is 0 Å². The van der Waals surface area contributed by atoms with E-state index in [1.165, 1.54) is 0 Å². The Morgan fingerprint density at radius 1 is 1.73 bits per heavy atom. The molecule has 0 spiro atoms. The van der Waals surface area contributed by atoms with Crippen molar-refractivity contribution < 1.29 is 14.3 Å². The Bertz CT molecular complexity index is 127. The molecule has 0 N–H and O–H groups in total. The number of Topliss-reactive ketones (excluding diaryl/α,β-unsaturated/α-hetero) is 1. The number of hydrogen-bond acceptors (Lipinski definition) is 3. The quantitative estimate of drug-likeness (QED) is 0.604. The van der Waals surface area contributed by atoms with Gasteiger partial charge >= 0.3 is 0 Å². The van der Waals surface area contributed by atoms with E-state index in [4.69, 9.17) is 9.47 Å². The third-order valence-electron chi connectivity index (χ3n) is 1.90. The molecule has 64 valence electrons. The summed E-state index contributed by atoms with van der Waals surface area (Å²) in [5.74, 6) is 0.260. The van der Waals surface area contributed by atoms with Crippen LogP contribution in [0, 0.1) is 5.92 Å². The van der Waals surface area contributed by atoms with E-state index in [1.807, 2.05) is 0 Å². The van der Waals surface area contributed by atoms with Gasteiger partial charge in [-0.3, -0.25) is 4.79 Å². The summed E-state index contributed by atoms with van der Waals surface area (Å²) < 4.78 is 9.92. The van der Waals surface area contributed by atoms with Crippen LogP contribution in [0.4, 0.5) is 0 Å². The zero-order valence-electron chi connectivity index (χ0n) is 6.84. The van der Waals surface area contributed by atoms with E-state index in [-0.39, 0.29) is 18.3 Å². The first-order chi connectivity index (χ1) is 5.34. The van der Waals surface area contributed by atoms with E-state index >= 15 is 0 Å². The van der Waals surface area contributed by atoms with E-state index in [2.05, 4.69) is 0 Å². The molecule has 1 fully saturated rings. The van der Waals surface area contributed by atoms with E-state index in [1.54, 1.807) is 7.11 Å². The van der Waals surface area contributed by atoms with Gasteiger partial charge in [0.25, 0.3) is 0 Å². The van der Waals surface area contributed by atoms with Gasteiger partial charge in [-0.2, -0.15) is 0 Å². The normalized spacial score (nSPS) is 25.0. The summed E-state index contributed by atoms with van der Waals surface area (Å²) in [5, 5.41) is 0. The molecule has 3 heteroatoms. The first-order valence-corrected chi connectivity index (χ1v) is 3.94. The molecular weight excluding hydrogens is 144 g/mol. The minimum absolute atomic E-state index is 0.0868. The topological polar surface area (TPSA) is 35.5 Å². The highest BCUT2D eigenvalue weighted by Gasteiger charge is 2.20. The van der Waals surface area contributed by atoms with Crippen LogP contribution in [0.5, 0.6) is 0 Å². The predicted octanol–water partition coefficient (Wildman–Crippen LogP) is 0.629. The van der Waals surface area contributed by atoms with Crippen LogP contribution in [-0.4, -0.2) is 32.7 Å². The highest BCUT2D eigenvalue weighted by atomic mass is 16.5. The summed E-state index contributed by atoms with van der Waals surface area (Å²) in [7, 11) is 1.54. The molecule has 0 aromatic carbocycles. The van der Waals surface area contributed by atoms with Gasteiger partial charge in [0.2, 0.25) is 0 Å². The summed E-state index contributed by atoms with van der Waals surface area (Å²) in [6, 6.07) is 0. The fraction of sp³-hybridized carbons (Fsp3) is 0.875. The van der Waals surface area contributed by atoms with E-state index in [9.17, 15) is 4.79 Å². The Morgan fingerprint density at radius 2 is 2.55 bits per heavy atom. The van der Waals surface area contributed by atoms with Crippen molar-refractivity contribution in [2.45, 2.75) is 12.8 Å². The van der Waals surface area contributed by atoms with Crippen LogP contribution in [0.1, 0.15) is 12.8 Å². The van der Waals surface area contributed by atoms with E-state index < -0.39 is 0 Å². The molecule has 11 heavy (non-hydrogen) atoms. The third-order valence-corrected chi connectivity index (χ3v) is 1.90. The Hall–Kier alpha value is -0.410. The molecule has 1 aliphatic rings. The lowest BCUT2D eigenvalue weighted by atomic mass is 9.98. The lowest BCUT2D eigenvalue weighted by Crippen LogP contribution is -2.27. The first kappa shape index (κ1) is 8.68. The monoisotopic (exact) mass is 158 g/mol. The van der Waals surface area contributed by atoms with Crippen molar-refractivity contribution in [1.82, 2.24) is 0 Å². The Morgan fingerprint density at radius 3 is 3.09 bits per heavy atom. The highest BCUT2D eigenvalue weighted by Crippen LogP contribution is 2.14. The van der Waals surface area contributed by atoms with Crippen molar-refractivity contribution in [3.63, 3.8) is 0 Å². The molecule has 0 amide bonds. The SMILES string of the molecule is COCC(=O)[C@@H]1CCCOC1. The van der Waals surface area contributed by atoms with Crippen molar-refractivity contribution in [2.24, 2.45) is 5.92 Å². The molecule has 1 rings (SSSR count). The average molecular weight is 158 g/mol. The van der Waals surface area contributed by atoms with Crippen LogP contribution in [-0.2, 0) is 14.3 Å². The maximum atomic E-state index is 11.2. The van der Waals surface area contributed by atoms with Crippen molar-refractivity contribution in [3.8, 4) is 0 Å². The second-order valence-electron chi connectivity index (χ2n) is 2.81. The van der Waals surface area contributed by atoms with Gasteiger partial charge in [0.15, 0.2) is 5.78 Å². The number of ether oxygens (including phenoxy) is 2. The van der Waals surface area contributed by atoms with E-state index in [0.29, 0.717) is 6.61 Å². The number of carbonyl (C=O) groups excluding carboxylic acids is 1. The zero-order chi connectivity index (χ0) is 8.10. The molecule has 0 aromatic heterocycles. The molecule has 0 radical (unpaired) electrons. The molecule has 1 heterocycles. The average Bonchev–Trinajstić information content (AvgIpc) is 2.07. The van der Waals surface area contributed by atoms with Crippen molar-refractivity contribution in [3.05, 3.63) is 0 Å². The second kappa shape index (κ2) is 4.46. The highest BCUT2D eigenvalue weighted by molar-refractivity contribution is 5.82. The standard InChI is InChI=1S/C8H14O3/c1-10-6-8(9)7-3-2-4-11-5-7/h7H,2-6H2,1H3/t7-/m1/s1. The number of carbonyl (C=O) groups is 1. The summed E-state index contributed by atoms with van der Waals surface area (Å²) in [6.45, 7) is 1.62. The number of hydrogen-bond donors (Lipinski definition) is 0. The van der Waals surface area contributed by atoms with Gasteiger partial charge in [0, 0.05) is 19.6 Å². The van der Waals surface area contributed by atoms with Crippen LogP contribution in [0.25, 0.3) is 0 Å². The van der Waals surface area contributed by atoms with Crippen LogP contribution >= 0.6 is 0 Å². The largest absolute Gasteiger partial charge is 0.381 e.